The van der Waals surface area contributed by atoms with Gasteiger partial charge in [-0.15, -0.1) is 10.2 Å². The molecule has 8 nitrogen and oxygen atoms in total. The van der Waals surface area contributed by atoms with Crippen LogP contribution in [0.25, 0.3) is 11.0 Å². The molecule has 0 saturated heterocycles. The molecule has 0 radical (unpaired) electrons. The molecule has 1 atom stereocenters. The van der Waals surface area contributed by atoms with Gasteiger partial charge in [-0.25, -0.2) is 4.39 Å². The van der Waals surface area contributed by atoms with E-state index < -0.39 is 28.6 Å². The lowest BCUT2D eigenvalue weighted by atomic mass is 9.84. The van der Waals surface area contributed by atoms with Crippen LogP contribution in [0.5, 0.6) is 0 Å². The molecule has 4 aromatic carbocycles. The van der Waals surface area contributed by atoms with E-state index in [-0.39, 0.29) is 34.0 Å². The number of rotatable bonds is 6. The molecule has 1 unspecified atom stereocenters. The monoisotopic (exact) mass is 680 g/mol. The molecule has 2 aliphatic rings. The van der Waals surface area contributed by atoms with Crippen LogP contribution < -0.4 is 15.2 Å². The van der Waals surface area contributed by atoms with E-state index in [0.717, 1.165) is 40.2 Å². The fourth-order valence-electron chi connectivity index (χ4n) is 6.33. The molecule has 6 aromatic rings. The fourth-order valence-corrected chi connectivity index (χ4v) is 8.30. The highest BCUT2D eigenvalue weighted by Crippen LogP contribution is 2.55. The number of hydrogen-bond donors (Lipinski definition) is 0. The molecule has 2 aromatic heterocycles. The van der Waals surface area contributed by atoms with Crippen LogP contribution in [-0.4, -0.2) is 22.0 Å². The largest absolute Gasteiger partial charge is 0.450 e. The number of aromatic nitrogens is 2. The maximum Gasteiger partial charge on any atom is 0.297 e. The van der Waals surface area contributed by atoms with E-state index >= 15 is 4.79 Å². The van der Waals surface area contributed by atoms with Crippen LogP contribution in [0.15, 0.2) is 105 Å². The first-order chi connectivity index (χ1) is 22.8. The van der Waals surface area contributed by atoms with Crippen LogP contribution >= 0.6 is 34.7 Å². The smallest absolute Gasteiger partial charge is 0.297 e. The van der Waals surface area contributed by atoms with E-state index in [0.29, 0.717) is 26.4 Å². The molecular formula is C35H22ClFN4O4S2. The van der Waals surface area contributed by atoms with Gasteiger partial charge in [0.15, 0.2) is 15.3 Å². The van der Waals surface area contributed by atoms with E-state index in [1.54, 1.807) is 41.3 Å². The van der Waals surface area contributed by atoms with Crippen molar-refractivity contribution in [1.82, 2.24) is 10.2 Å². The van der Waals surface area contributed by atoms with Gasteiger partial charge in [0.2, 0.25) is 10.9 Å². The maximum absolute atomic E-state index is 15.1. The van der Waals surface area contributed by atoms with Crippen molar-refractivity contribution in [3.8, 4) is 0 Å². The molecule has 232 valence electrons. The molecule has 4 heterocycles. The molecule has 12 heteroatoms. The number of anilines is 2. The minimum Gasteiger partial charge on any atom is -0.450 e. The van der Waals surface area contributed by atoms with Crippen LogP contribution in [0, 0.1) is 12.7 Å². The predicted octanol–water partition coefficient (Wildman–Crippen LogP) is 7.49. The van der Waals surface area contributed by atoms with Crippen molar-refractivity contribution in [1.29, 1.82) is 0 Å². The normalized spacial score (nSPS) is 16.8. The lowest BCUT2D eigenvalue weighted by Crippen LogP contribution is -2.53. The Labute approximate surface area is 280 Å². The summed E-state index contributed by atoms with van der Waals surface area (Å²) >= 11 is 8.58. The van der Waals surface area contributed by atoms with Gasteiger partial charge < -0.3 is 9.32 Å². The van der Waals surface area contributed by atoms with Gasteiger partial charge in [0.1, 0.15) is 11.4 Å². The first kappa shape index (κ1) is 29.6. The van der Waals surface area contributed by atoms with Crippen molar-refractivity contribution in [2.75, 3.05) is 9.80 Å². The first-order valence-electron chi connectivity index (χ1n) is 14.6. The van der Waals surface area contributed by atoms with Crippen LogP contribution in [0.4, 0.5) is 15.2 Å². The molecule has 0 aliphatic carbocycles. The summed E-state index contributed by atoms with van der Waals surface area (Å²) in [6.45, 7) is 2.14. The Bertz CT molecular complexity index is 2330. The van der Waals surface area contributed by atoms with E-state index in [1.807, 2.05) is 43.3 Å². The molecule has 0 saturated carbocycles. The number of halogens is 2. The van der Waals surface area contributed by atoms with Gasteiger partial charge in [-0.2, -0.15) is 0 Å². The summed E-state index contributed by atoms with van der Waals surface area (Å²) in [6.07, 6.45) is 0. The fraction of sp³-hybridized carbons (Fsp3) is 0.114. The van der Waals surface area contributed by atoms with Crippen molar-refractivity contribution in [3.63, 3.8) is 0 Å². The molecule has 2 aliphatic heterocycles. The van der Waals surface area contributed by atoms with Crippen molar-refractivity contribution in [2.24, 2.45) is 0 Å². The Morgan fingerprint density at radius 1 is 0.957 bits per heavy atom. The Morgan fingerprint density at radius 2 is 1.72 bits per heavy atom. The van der Waals surface area contributed by atoms with Gasteiger partial charge in [-0.3, -0.25) is 19.3 Å². The van der Waals surface area contributed by atoms with Gasteiger partial charge >= 0.3 is 0 Å². The highest BCUT2D eigenvalue weighted by atomic mass is 35.5. The topological polar surface area (TPSA) is 96.6 Å². The average Bonchev–Trinajstić information content (AvgIpc) is 3.71. The van der Waals surface area contributed by atoms with Crippen LogP contribution in [0.1, 0.15) is 38.4 Å². The zero-order valence-corrected chi connectivity index (χ0v) is 27.0. The number of fused-ring (bicyclic) bond motifs is 5. The molecule has 0 N–H and O–H groups in total. The summed E-state index contributed by atoms with van der Waals surface area (Å²) in [5, 5.41) is 9.40. The number of aryl methyl sites for hydroxylation is 1. The second-order valence-electron chi connectivity index (χ2n) is 11.2. The summed E-state index contributed by atoms with van der Waals surface area (Å²) in [7, 11) is 0. The van der Waals surface area contributed by atoms with Crippen molar-refractivity contribution < 1.29 is 18.4 Å². The molecule has 1 spiro atoms. The Hall–Kier alpha value is -4.84. The predicted molar refractivity (Wildman–Crippen MR) is 180 cm³/mol. The Morgan fingerprint density at radius 3 is 2.53 bits per heavy atom. The molecule has 2 amide bonds. The lowest BCUT2D eigenvalue weighted by molar-refractivity contribution is -0.121. The summed E-state index contributed by atoms with van der Waals surface area (Å²) in [5.41, 5.74) is 1.07. The quantitative estimate of drug-likeness (QED) is 0.133. The van der Waals surface area contributed by atoms with Crippen LogP contribution in [-0.2, 0) is 22.6 Å². The average molecular weight is 681 g/mol. The highest BCUT2D eigenvalue weighted by Gasteiger charge is 2.66. The van der Waals surface area contributed by atoms with Crippen molar-refractivity contribution >= 4 is 68.3 Å². The van der Waals surface area contributed by atoms with E-state index in [4.69, 9.17) is 16.0 Å². The van der Waals surface area contributed by atoms with Gasteiger partial charge in [-0.05, 0) is 60.0 Å². The summed E-state index contributed by atoms with van der Waals surface area (Å²) in [5.74, 6) is -1.61. The number of amides is 2. The standard InChI is InChI=1S/C35H22ClFN4O4S2/c1-19-6-2-3-7-21(19)17-40-26-9-5-4-8-25(26)35(32(40)44)28-29(42)24-16-23(37)14-15-27(24)45-30(28)31(43)41(35)33-38-39-34(47-33)46-18-20-10-12-22(36)13-11-20/h2-16H,17-18H2,1H3. The van der Waals surface area contributed by atoms with E-state index in [9.17, 15) is 14.0 Å². The maximum atomic E-state index is 15.1. The van der Waals surface area contributed by atoms with Gasteiger partial charge in [0, 0.05) is 16.3 Å². The Balaban J connectivity index is 1.32. The van der Waals surface area contributed by atoms with Gasteiger partial charge in [0.05, 0.1) is 23.2 Å². The van der Waals surface area contributed by atoms with Crippen LogP contribution in [0.3, 0.4) is 0 Å². The van der Waals surface area contributed by atoms with Crippen LogP contribution in [0.2, 0.25) is 5.02 Å². The lowest BCUT2D eigenvalue weighted by Gasteiger charge is -2.32. The minimum absolute atomic E-state index is 0.0347. The number of para-hydroxylation sites is 1. The minimum atomic E-state index is -1.97. The number of carbonyl (C=O) groups excluding carboxylic acids is 2. The number of benzene rings is 4. The molecule has 0 bridgehead atoms. The zero-order chi connectivity index (χ0) is 32.4. The van der Waals surface area contributed by atoms with Crippen molar-refractivity contribution in [3.05, 3.63) is 146 Å². The third-order valence-corrected chi connectivity index (χ3v) is 10.9. The van der Waals surface area contributed by atoms with Crippen molar-refractivity contribution in [2.45, 2.75) is 29.1 Å². The number of nitrogens with zero attached hydrogens (tertiary/aromatic N) is 4. The number of carbonyl (C=O) groups is 2. The Kier molecular flexibility index (Phi) is 7.01. The number of hydrogen-bond acceptors (Lipinski definition) is 8. The molecular weight excluding hydrogens is 659 g/mol. The highest BCUT2D eigenvalue weighted by molar-refractivity contribution is 8.00. The third kappa shape index (κ3) is 4.52. The third-order valence-electron chi connectivity index (χ3n) is 8.54. The molecule has 47 heavy (non-hydrogen) atoms. The van der Waals surface area contributed by atoms with E-state index in [2.05, 4.69) is 10.2 Å². The second-order valence-corrected chi connectivity index (χ2v) is 13.8. The van der Waals surface area contributed by atoms with E-state index in [1.165, 1.54) is 22.7 Å². The SMILES string of the molecule is Cc1ccccc1CN1C(=O)C2(c3ccccc31)c1c(oc3ccc(F)cc3c1=O)C(=O)N2c1nnc(SCc2ccc(Cl)cc2)s1. The zero-order valence-electron chi connectivity index (χ0n) is 24.6. The van der Waals surface area contributed by atoms with Gasteiger partial charge in [-0.1, -0.05) is 89.3 Å². The first-order valence-corrected chi connectivity index (χ1v) is 16.7. The molecule has 0 fully saturated rings. The number of thioether (sulfide) groups is 1. The summed E-state index contributed by atoms with van der Waals surface area (Å²) in [4.78, 5) is 46.8. The summed E-state index contributed by atoms with van der Waals surface area (Å²) in [6, 6.07) is 25.7. The summed E-state index contributed by atoms with van der Waals surface area (Å²) < 4.78 is 21.1. The second kappa shape index (κ2) is 11.2. The molecule has 8 rings (SSSR count). The van der Waals surface area contributed by atoms with Gasteiger partial charge in [0.25, 0.3) is 11.8 Å².